The molecule has 0 aliphatic carbocycles. The number of rotatable bonds is 6. The molecule has 1 heterocycles. The minimum absolute atomic E-state index is 0.0686. The number of ether oxygens (including phenoxy) is 1. The zero-order chi connectivity index (χ0) is 16.9. The molecule has 1 fully saturated rings. The van der Waals surface area contributed by atoms with Gasteiger partial charge >= 0.3 is 6.03 Å². The largest absolute Gasteiger partial charge is 0.381 e. The maximum Gasteiger partial charge on any atom is 0.319 e. The van der Waals surface area contributed by atoms with E-state index in [0.29, 0.717) is 18.9 Å². The Bertz CT molecular complexity index is 622. The lowest BCUT2D eigenvalue weighted by molar-refractivity contribution is 0.188. The van der Waals surface area contributed by atoms with Crippen molar-refractivity contribution in [1.29, 1.82) is 0 Å². The lowest BCUT2D eigenvalue weighted by atomic mass is 10.2. The molecule has 0 unspecified atom stereocenters. The molecule has 1 aliphatic rings. The van der Waals surface area contributed by atoms with Crippen molar-refractivity contribution in [2.24, 2.45) is 5.92 Å². The van der Waals surface area contributed by atoms with E-state index in [0.717, 1.165) is 12.8 Å². The first-order chi connectivity index (χ1) is 10.9. The van der Waals surface area contributed by atoms with E-state index in [-0.39, 0.29) is 28.6 Å². The van der Waals surface area contributed by atoms with Crippen LogP contribution in [0.5, 0.6) is 0 Å². The molecule has 1 aromatic rings. The van der Waals surface area contributed by atoms with Gasteiger partial charge in [0.2, 0.25) is 0 Å². The van der Waals surface area contributed by atoms with Gasteiger partial charge in [-0.2, -0.15) is 0 Å². The van der Waals surface area contributed by atoms with E-state index < -0.39 is 9.84 Å². The van der Waals surface area contributed by atoms with Crippen molar-refractivity contribution in [2.45, 2.75) is 37.6 Å². The van der Waals surface area contributed by atoms with Gasteiger partial charge in [-0.05, 0) is 49.9 Å². The lowest BCUT2D eigenvalue weighted by Gasteiger charge is -2.13. The monoisotopic (exact) mass is 340 g/mol. The van der Waals surface area contributed by atoms with Gasteiger partial charge in [-0.1, -0.05) is 6.92 Å². The second kappa shape index (κ2) is 7.79. The average molecular weight is 340 g/mol. The lowest BCUT2D eigenvalue weighted by Crippen LogP contribution is -2.35. The minimum Gasteiger partial charge on any atom is -0.381 e. The van der Waals surface area contributed by atoms with Crippen molar-refractivity contribution in [3.63, 3.8) is 0 Å². The number of amides is 2. The Morgan fingerprint density at radius 3 is 2.61 bits per heavy atom. The number of urea groups is 1. The number of hydrogen-bond donors (Lipinski definition) is 2. The maximum atomic E-state index is 12.4. The van der Waals surface area contributed by atoms with Gasteiger partial charge in [0, 0.05) is 18.3 Å². The molecule has 0 radical (unpaired) electrons. The first-order valence-corrected chi connectivity index (χ1v) is 9.54. The van der Waals surface area contributed by atoms with Crippen molar-refractivity contribution in [1.82, 2.24) is 5.32 Å². The van der Waals surface area contributed by atoms with Crippen LogP contribution in [0.4, 0.5) is 10.5 Å². The van der Waals surface area contributed by atoms with E-state index in [9.17, 15) is 13.2 Å². The highest BCUT2D eigenvalue weighted by Gasteiger charge is 2.24. The van der Waals surface area contributed by atoms with Gasteiger partial charge < -0.3 is 15.4 Å². The summed E-state index contributed by atoms with van der Waals surface area (Å²) in [6.07, 6.45) is 1.63. The average Bonchev–Trinajstić information content (AvgIpc) is 2.99. The van der Waals surface area contributed by atoms with Gasteiger partial charge in [-0.3, -0.25) is 0 Å². The molecular formula is C16H24N2O4S. The summed E-state index contributed by atoms with van der Waals surface area (Å²) in [5.74, 6) is 0.174. The first kappa shape index (κ1) is 17.7. The molecule has 0 bridgehead atoms. The Morgan fingerprint density at radius 2 is 2.04 bits per heavy atom. The van der Waals surface area contributed by atoms with Crippen molar-refractivity contribution >= 4 is 21.6 Å². The molecule has 1 saturated heterocycles. The molecule has 0 spiro atoms. The number of hydrogen-bond acceptors (Lipinski definition) is 4. The fourth-order valence-corrected chi connectivity index (χ4v) is 3.99. The summed E-state index contributed by atoms with van der Waals surface area (Å²) >= 11 is 0. The standard InChI is InChI=1S/C16H24N2O4S/c1-3-12(2)17-16(19)18-14-4-6-15(7-5-14)23(20,21)11-13-8-9-22-10-13/h4-7,12-13H,3,8-11H2,1-2H3,(H2,17,18,19)/t12-,13+/m1/s1. The van der Waals surface area contributed by atoms with Gasteiger partial charge in [0.1, 0.15) is 0 Å². The van der Waals surface area contributed by atoms with Crippen LogP contribution >= 0.6 is 0 Å². The van der Waals surface area contributed by atoms with Crippen LogP contribution in [0.2, 0.25) is 0 Å². The normalized spacial score (nSPS) is 19.3. The van der Waals surface area contributed by atoms with Crippen LogP contribution in [-0.4, -0.2) is 39.5 Å². The molecule has 23 heavy (non-hydrogen) atoms. The van der Waals surface area contributed by atoms with Gasteiger partial charge in [0.05, 0.1) is 17.3 Å². The van der Waals surface area contributed by atoms with E-state index in [1.807, 2.05) is 13.8 Å². The topological polar surface area (TPSA) is 84.5 Å². The van der Waals surface area contributed by atoms with Crippen LogP contribution in [0.25, 0.3) is 0 Å². The third-order valence-electron chi connectivity index (χ3n) is 3.94. The molecule has 1 aliphatic heterocycles. The zero-order valence-electron chi connectivity index (χ0n) is 13.5. The summed E-state index contributed by atoms with van der Waals surface area (Å²) in [4.78, 5) is 12.0. The molecule has 7 heteroatoms. The minimum atomic E-state index is -3.32. The SMILES string of the molecule is CC[C@@H](C)NC(=O)Nc1ccc(S(=O)(=O)C[C@H]2CCOC2)cc1. The summed E-state index contributed by atoms with van der Waals surface area (Å²) in [5.41, 5.74) is 0.564. The first-order valence-electron chi connectivity index (χ1n) is 7.89. The predicted molar refractivity (Wildman–Crippen MR) is 89.3 cm³/mol. The van der Waals surface area contributed by atoms with Crippen LogP contribution in [0.3, 0.4) is 0 Å². The summed E-state index contributed by atoms with van der Waals surface area (Å²) in [6, 6.07) is 6.07. The highest BCUT2D eigenvalue weighted by atomic mass is 32.2. The van der Waals surface area contributed by atoms with Crippen LogP contribution in [0.1, 0.15) is 26.7 Å². The van der Waals surface area contributed by atoms with Crippen molar-refractivity contribution in [3.05, 3.63) is 24.3 Å². The fourth-order valence-electron chi connectivity index (χ4n) is 2.36. The maximum absolute atomic E-state index is 12.4. The molecule has 2 rings (SSSR count). The van der Waals surface area contributed by atoms with Crippen LogP contribution in [0, 0.1) is 5.92 Å². The number of carbonyl (C=O) groups excluding carboxylic acids is 1. The third-order valence-corrected chi connectivity index (χ3v) is 5.84. The summed E-state index contributed by atoms with van der Waals surface area (Å²) in [6.45, 7) is 5.05. The molecule has 2 N–H and O–H groups in total. The second-order valence-electron chi connectivity index (χ2n) is 5.94. The summed E-state index contributed by atoms with van der Waals surface area (Å²) in [7, 11) is -3.32. The number of sulfone groups is 1. The highest BCUT2D eigenvalue weighted by Crippen LogP contribution is 2.21. The number of nitrogens with one attached hydrogen (secondary N) is 2. The third kappa shape index (κ3) is 5.21. The molecule has 128 valence electrons. The van der Waals surface area contributed by atoms with E-state index in [1.165, 1.54) is 12.1 Å². The summed E-state index contributed by atoms with van der Waals surface area (Å²) in [5, 5.41) is 5.48. The van der Waals surface area contributed by atoms with Gasteiger partial charge in [-0.25, -0.2) is 13.2 Å². The van der Waals surface area contributed by atoms with E-state index >= 15 is 0 Å². The van der Waals surface area contributed by atoms with Crippen molar-refractivity contribution < 1.29 is 17.9 Å². The van der Waals surface area contributed by atoms with Gasteiger partial charge in [-0.15, -0.1) is 0 Å². The van der Waals surface area contributed by atoms with Crippen LogP contribution < -0.4 is 10.6 Å². The van der Waals surface area contributed by atoms with Crippen molar-refractivity contribution in [3.8, 4) is 0 Å². The quantitative estimate of drug-likeness (QED) is 0.833. The Hall–Kier alpha value is -1.60. The van der Waals surface area contributed by atoms with Crippen LogP contribution in [-0.2, 0) is 14.6 Å². The molecule has 0 aromatic heterocycles. The van der Waals surface area contributed by atoms with Gasteiger partial charge in [0.25, 0.3) is 0 Å². The van der Waals surface area contributed by atoms with Crippen LogP contribution in [0.15, 0.2) is 29.2 Å². The zero-order valence-corrected chi connectivity index (χ0v) is 14.4. The van der Waals surface area contributed by atoms with E-state index in [1.54, 1.807) is 12.1 Å². The van der Waals surface area contributed by atoms with Gasteiger partial charge in [0.15, 0.2) is 9.84 Å². The Kier molecular flexibility index (Phi) is 6.01. The number of carbonyl (C=O) groups is 1. The van der Waals surface area contributed by atoms with E-state index in [4.69, 9.17) is 4.74 Å². The highest BCUT2D eigenvalue weighted by molar-refractivity contribution is 7.91. The molecule has 0 saturated carbocycles. The molecular weight excluding hydrogens is 316 g/mol. The van der Waals surface area contributed by atoms with E-state index in [2.05, 4.69) is 10.6 Å². The Labute approximate surface area is 137 Å². The number of anilines is 1. The Balaban J connectivity index is 1.96. The smallest absolute Gasteiger partial charge is 0.319 e. The number of benzene rings is 1. The molecule has 1 aromatic carbocycles. The summed E-state index contributed by atoms with van der Waals surface area (Å²) < 4.78 is 29.9. The Morgan fingerprint density at radius 1 is 1.35 bits per heavy atom. The second-order valence-corrected chi connectivity index (χ2v) is 7.98. The predicted octanol–water partition coefficient (Wildman–Crippen LogP) is 2.42. The molecule has 6 nitrogen and oxygen atoms in total. The fraction of sp³-hybridized carbons (Fsp3) is 0.562. The molecule has 2 atom stereocenters. The van der Waals surface area contributed by atoms with Crippen molar-refractivity contribution in [2.75, 3.05) is 24.3 Å². The molecule has 2 amide bonds.